The number of carbonyl (C=O) groups excluding carboxylic acids is 1. The van der Waals surface area contributed by atoms with E-state index in [1.165, 1.54) is 27.7 Å². The lowest BCUT2D eigenvalue weighted by Crippen LogP contribution is -2.54. The highest BCUT2D eigenvalue weighted by Crippen LogP contribution is 2.49. The molecule has 0 spiro atoms. The number of likely N-dealkylation sites (N-methyl/N-ethyl adjacent to an activating group) is 1. The van der Waals surface area contributed by atoms with E-state index in [1.807, 2.05) is 31.2 Å². The van der Waals surface area contributed by atoms with E-state index < -0.39 is 21.4 Å². The van der Waals surface area contributed by atoms with Crippen LogP contribution in [0.15, 0.2) is 97.1 Å². The number of piperazine rings is 1. The maximum atomic E-state index is 12.7. The summed E-state index contributed by atoms with van der Waals surface area (Å²) in [5.41, 5.74) is 5.70. The second kappa shape index (κ2) is 14.7. The number of hydrogen-bond acceptors (Lipinski definition) is 7. The highest BCUT2D eigenvalue weighted by Gasteiger charge is 2.48. The van der Waals surface area contributed by atoms with Crippen LogP contribution in [-0.2, 0) is 25.7 Å². The molecule has 4 aromatic carbocycles. The number of rotatable bonds is 9. The average molecular weight is 789 g/mol. The third-order valence-electron chi connectivity index (χ3n) is 12.7. The quantitative estimate of drug-likeness (QED) is 0.128. The molecule has 1 amide bonds. The van der Waals surface area contributed by atoms with Crippen molar-refractivity contribution in [2.45, 2.75) is 77.3 Å². The summed E-state index contributed by atoms with van der Waals surface area (Å²) in [5.74, 6) is -0.644. The minimum Gasteiger partial charge on any atom is -0.743 e. The van der Waals surface area contributed by atoms with Crippen molar-refractivity contribution in [1.82, 2.24) is 9.91 Å². The number of hydrogen-bond donors (Lipinski definition) is 0. The molecule has 1 fully saturated rings. The maximum absolute atomic E-state index is 12.7. The SMILES string of the molecule is CCOC(=O)N1CCN([N+]2=C(/C=C/C3N(CC)c4ccc5ccccc5c4C3(C)C)CCC2/C=C/C2=[N+](CS(=O)(=O)[O-])c3ccc4ccccc4c3C2(C)C)CC1. The summed E-state index contributed by atoms with van der Waals surface area (Å²) in [6, 6.07) is 25.3. The zero-order valence-electron chi connectivity index (χ0n) is 33.9. The van der Waals surface area contributed by atoms with Crippen molar-refractivity contribution in [3.8, 4) is 0 Å². The van der Waals surface area contributed by atoms with Crippen LogP contribution >= 0.6 is 0 Å². The number of allylic oxidation sites excluding steroid dienone is 2. The summed E-state index contributed by atoms with van der Waals surface area (Å²) in [6.07, 6.45) is 10.4. The first-order chi connectivity index (χ1) is 27.2. The van der Waals surface area contributed by atoms with E-state index in [-0.39, 0.29) is 23.6 Å². The molecule has 0 aliphatic carbocycles. The van der Waals surface area contributed by atoms with E-state index in [1.54, 1.807) is 9.48 Å². The Morgan fingerprint density at radius 2 is 1.51 bits per heavy atom. The smallest absolute Gasteiger partial charge is 0.409 e. The van der Waals surface area contributed by atoms with Gasteiger partial charge in [-0.1, -0.05) is 74.5 Å². The van der Waals surface area contributed by atoms with Crippen molar-refractivity contribution >= 4 is 60.6 Å². The van der Waals surface area contributed by atoms with E-state index in [2.05, 4.69) is 122 Å². The Bertz CT molecular complexity index is 2490. The van der Waals surface area contributed by atoms with E-state index in [9.17, 15) is 17.8 Å². The van der Waals surface area contributed by atoms with Gasteiger partial charge in [0.15, 0.2) is 15.8 Å². The van der Waals surface area contributed by atoms with Gasteiger partial charge in [-0.05, 0) is 73.0 Å². The third-order valence-corrected chi connectivity index (χ3v) is 13.2. The zero-order chi connectivity index (χ0) is 40.3. The number of amides is 1. The van der Waals surface area contributed by atoms with Crippen LogP contribution in [0.5, 0.6) is 0 Å². The van der Waals surface area contributed by atoms with E-state index in [0.29, 0.717) is 32.8 Å². The summed E-state index contributed by atoms with van der Waals surface area (Å²) in [7, 11) is -4.60. The van der Waals surface area contributed by atoms with Gasteiger partial charge in [-0.25, -0.2) is 13.2 Å². The first-order valence-electron chi connectivity index (χ1n) is 20.3. The van der Waals surface area contributed by atoms with E-state index >= 15 is 0 Å². The molecule has 1 saturated heterocycles. The van der Waals surface area contributed by atoms with E-state index in [0.717, 1.165) is 47.1 Å². The number of benzene rings is 4. The zero-order valence-corrected chi connectivity index (χ0v) is 34.8. The Morgan fingerprint density at radius 1 is 0.860 bits per heavy atom. The summed E-state index contributed by atoms with van der Waals surface area (Å²) in [4.78, 5) is 17.0. The van der Waals surface area contributed by atoms with Crippen LogP contribution in [0.4, 0.5) is 16.2 Å². The predicted octanol–water partition coefficient (Wildman–Crippen LogP) is 7.48. The maximum Gasteiger partial charge on any atom is 0.409 e. The van der Waals surface area contributed by atoms with Gasteiger partial charge < -0.3 is 19.1 Å². The van der Waals surface area contributed by atoms with Gasteiger partial charge in [0.2, 0.25) is 23.3 Å². The molecule has 4 aliphatic heterocycles. The molecule has 10 nitrogen and oxygen atoms in total. The second-order valence-electron chi connectivity index (χ2n) is 16.7. The van der Waals surface area contributed by atoms with Crippen LogP contribution < -0.4 is 4.90 Å². The fourth-order valence-corrected chi connectivity index (χ4v) is 10.7. The van der Waals surface area contributed by atoms with Gasteiger partial charge in [-0.3, -0.25) is 0 Å². The van der Waals surface area contributed by atoms with E-state index in [4.69, 9.17) is 4.74 Å². The van der Waals surface area contributed by atoms with Crippen molar-refractivity contribution < 1.29 is 31.8 Å². The Balaban J connectivity index is 1.18. The van der Waals surface area contributed by atoms with Crippen LogP contribution in [-0.4, -0.2) is 107 Å². The van der Waals surface area contributed by atoms with Gasteiger partial charge in [-0.15, -0.1) is 4.68 Å². The van der Waals surface area contributed by atoms with Gasteiger partial charge in [-0.2, -0.15) is 9.58 Å². The number of hydrazine groups is 1. The highest BCUT2D eigenvalue weighted by atomic mass is 32.2. The number of nitrogens with zero attached hydrogens (tertiary/aromatic N) is 5. The van der Waals surface area contributed by atoms with Crippen LogP contribution in [0.3, 0.4) is 0 Å². The molecule has 0 radical (unpaired) electrons. The Hall–Kier alpha value is -5.00. The van der Waals surface area contributed by atoms with Crippen molar-refractivity contribution in [1.29, 1.82) is 0 Å². The molecule has 0 aromatic heterocycles. The van der Waals surface area contributed by atoms with Gasteiger partial charge in [0.25, 0.3) is 0 Å². The number of carbonyl (C=O) groups is 1. The van der Waals surface area contributed by atoms with Crippen LogP contribution in [0, 0.1) is 0 Å². The first-order valence-corrected chi connectivity index (χ1v) is 21.9. The molecule has 2 unspecified atom stereocenters. The molecule has 0 N–H and O–H groups in total. The second-order valence-corrected chi connectivity index (χ2v) is 18.1. The minimum atomic E-state index is -4.60. The first kappa shape index (κ1) is 38.9. The normalized spacial score (nSPS) is 21.8. The van der Waals surface area contributed by atoms with Crippen LogP contribution in [0.2, 0.25) is 0 Å². The molecule has 4 aromatic rings. The third kappa shape index (κ3) is 6.82. The fraction of sp³-hybridized carbons (Fsp3) is 0.413. The molecule has 0 bridgehead atoms. The molecule has 4 aliphatic rings. The lowest BCUT2D eigenvalue weighted by molar-refractivity contribution is -0.705. The Kier molecular flexibility index (Phi) is 10.0. The van der Waals surface area contributed by atoms with Crippen molar-refractivity contribution in [2.24, 2.45) is 0 Å². The largest absolute Gasteiger partial charge is 0.743 e. The van der Waals surface area contributed by atoms with Crippen molar-refractivity contribution in [3.05, 3.63) is 108 Å². The summed E-state index contributed by atoms with van der Waals surface area (Å²) >= 11 is 0. The summed E-state index contributed by atoms with van der Waals surface area (Å²) in [6.45, 7) is 16.6. The summed E-state index contributed by atoms with van der Waals surface area (Å²) < 4.78 is 46.6. The number of hydrazone groups is 1. The van der Waals surface area contributed by atoms with Gasteiger partial charge in [0.05, 0.1) is 31.2 Å². The minimum absolute atomic E-state index is 0.0340. The molecular weight excluding hydrogens is 735 g/mol. The molecule has 298 valence electrons. The number of fused-ring (bicyclic) bond motifs is 6. The van der Waals surface area contributed by atoms with Crippen LogP contribution in [0.1, 0.15) is 65.5 Å². The molecule has 4 heterocycles. The molecule has 0 saturated carbocycles. The Labute approximate surface area is 336 Å². The molecule has 57 heavy (non-hydrogen) atoms. The fourth-order valence-electron chi connectivity index (χ4n) is 10.1. The summed E-state index contributed by atoms with van der Waals surface area (Å²) in [5, 5.41) is 7.02. The molecular formula is C46H54N5O5S+. The van der Waals surface area contributed by atoms with Gasteiger partial charge in [0, 0.05) is 67.4 Å². The van der Waals surface area contributed by atoms with Crippen molar-refractivity contribution in [2.75, 3.05) is 50.1 Å². The lowest BCUT2D eigenvalue weighted by Gasteiger charge is -2.33. The topological polar surface area (TPSA) is 99.2 Å². The Morgan fingerprint density at radius 3 is 2.16 bits per heavy atom. The lowest BCUT2D eigenvalue weighted by atomic mass is 9.78. The molecule has 11 heteroatoms. The highest BCUT2D eigenvalue weighted by molar-refractivity contribution is 7.85. The molecule has 8 rings (SSSR count). The number of ether oxygens (including phenoxy) is 1. The van der Waals surface area contributed by atoms with Gasteiger partial charge >= 0.3 is 6.09 Å². The van der Waals surface area contributed by atoms with Crippen LogP contribution in [0.25, 0.3) is 21.5 Å². The van der Waals surface area contributed by atoms with Crippen molar-refractivity contribution in [3.63, 3.8) is 0 Å². The van der Waals surface area contributed by atoms with Gasteiger partial charge in [0.1, 0.15) is 0 Å². The average Bonchev–Trinajstić information content (AvgIpc) is 3.76. The number of anilines is 1. The predicted molar refractivity (Wildman–Crippen MR) is 227 cm³/mol. The standard InChI is InChI=1S/C46H54N5O5S/c1-7-49-38-23-17-32-13-9-11-15-36(32)42(38)45(3,4)40(49)25-21-34-19-20-35(51(34)48-29-27-47(28-30-48)44(52)56-8-2)22-26-41-46(5,6)43-37-16-12-10-14-33(37)18-24-39(43)50(41)31-57(53,54)55/h9-18,21-26,35,40H,7-8,19-20,27-31H2,1-6H3/q+1/b25-21+,26-22+. The molecule has 2 atom stereocenters. The monoisotopic (exact) mass is 788 g/mol.